The SMILES string of the molecule is CC(=O)[C@@H]1CCCCO1. The van der Waals surface area contributed by atoms with Crippen molar-refractivity contribution in [2.75, 3.05) is 6.61 Å². The van der Waals surface area contributed by atoms with Gasteiger partial charge in [-0.25, -0.2) is 0 Å². The minimum atomic E-state index is -0.0845. The zero-order chi connectivity index (χ0) is 6.69. The molecule has 0 radical (unpaired) electrons. The summed E-state index contributed by atoms with van der Waals surface area (Å²) in [4.78, 5) is 10.7. The van der Waals surface area contributed by atoms with Crippen LogP contribution in [0.5, 0.6) is 0 Å². The molecule has 1 fully saturated rings. The zero-order valence-electron chi connectivity index (χ0n) is 5.72. The summed E-state index contributed by atoms with van der Waals surface area (Å²) >= 11 is 0. The van der Waals surface area contributed by atoms with Crippen LogP contribution in [0.2, 0.25) is 0 Å². The molecule has 0 unspecified atom stereocenters. The molecule has 0 saturated carbocycles. The van der Waals surface area contributed by atoms with Gasteiger partial charge in [-0.05, 0) is 26.2 Å². The summed E-state index contributed by atoms with van der Waals surface area (Å²) in [6.07, 6.45) is 3.10. The summed E-state index contributed by atoms with van der Waals surface area (Å²) in [6.45, 7) is 2.36. The molecule has 1 rings (SSSR count). The average molecular weight is 128 g/mol. The Kier molecular flexibility index (Phi) is 2.22. The van der Waals surface area contributed by atoms with E-state index in [1.54, 1.807) is 6.92 Å². The fourth-order valence-electron chi connectivity index (χ4n) is 1.06. The van der Waals surface area contributed by atoms with E-state index in [0.29, 0.717) is 0 Å². The van der Waals surface area contributed by atoms with Gasteiger partial charge in [-0.15, -0.1) is 0 Å². The number of carbonyl (C=O) groups excluding carboxylic acids is 1. The van der Waals surface area contributed by atoms with Crippen molar-refractivity contribution in [2.45, 2.75) is 32.3 Å². The number of Topliss-reactive ketones (excluding diaryl/α,β-unsaturated/α-hetero) is 1. The first-order valence-corrected chi connectivity index (χ1v) is 3.43. The van der Waals surface area contributed by atoms with Crippen molar-refractivity contribution in [1.29, 1.82) is 0 Å². The second-order valence-corrected chi connectivity index (χ2v) is 2.47. The molecule has 2 heteroatoms. The Hall–Kier alpha value is -0.370. The number of carbonyl (C=O) groups is 1. The highest BCUT2D eigenvalue weighted by Gasteiger charge is 2.17. The first-order chi connectivity index (χ1) is 4.30. The molecule has 1 aliphatic rings. The van der Waals surface area contributed by atoms with Crippen LogP contribution in [0.25, 0.3) is 0 Å². The zero-order valence-corrected chi connectivity index (χ0v) is 5.72. The molecule has 0 N–H and O–H groups in total. The summed E-state index contributed by atoms with van der Waals surface area (Å²) in [7, 11) is 0. The van der Waals surface area contributed by atoms with Gasteiger partial charge in [-0.1, -0.05) is 0 Å². The van der Waals surface area contributed by atoms with E-state index in [1.807, 2.05) is 0 Å². The van der Waals surface area contributed by atoms with Crippen molar-refractivity contribution in [1.82, 2.24) is 0 Å². The number of hydrogen-bond donors (Lipinski definition) is 0. The molecule has 2 nitrogen and oxygen atoms in total. The van der Waals surface area contributed by atoms with Crippen molar-refractivity contribution in [2.24, 2.45) is 0 Å². The second kappa shape index (κ2) is 2.97. The Morgan fingerprint density at radius 3 is 2.67 bits per heavy atom. The lowest BCUT2D eigenvalue weighted by atomic mass is 10.1. The number of ketones is 1. The predicted octanol–water partition coefficient (Wildman–Crippen LogP) is 1.14. The molecule has 1 aliphatic heterocycles. The topological polar surface area (TPSA) is 26.3 Å². The maximum absolute atomic E-state index is 10.7. The van der Waals surface area contributed by atoms with E-state index in [9.17, 15) is 4.79 Å². The Bertz CT molecular complexity index is 103. The van der Waals surface area contributed by atoms with Crippen LogP contribution < -0.4 is 0 Å². The third-order valence-electron chi connectivity index (χ3n) is 1.63. The van der Waals surface area contributed by atoms with E-state index >= 15 is 0 Å². The van der Waals surface area contributed by atoms with Crippen molar-refractivity contribution in [3.8, 4) is 0 Å². The normalized spacial score (nSPS) is 27.9. The van der Waals surface area contributed by atoms with Crippen molar-refractivity contribution in [3.63, 3.8) is 0 Å². The van der Waals surface area contributed by atoms with E-state index in [4.69, 9.17) is 4.74 Å². The largest absolute Gasteiger partial charge is 0.370 e. The fraction of sp³-hybridized carbons (Fsp3) is 0.857. The molecule has 9 heavy (non-hydrogen) atoms. The summed E-state index contributed by atoms with van der Waals surface area (Å²) in [5.41, 5.74) is 0. The van der Waals surface area contributed by atoms with Crippen LogP contribution >= 0.6 is 0 Å². The van der Waals surface area contributed by atoms with Crippen LogP contribution in [0.4, 0.5) is 0 Å². The summed E-state index contributed by atoms with van der Waals surface area (Å²) in [6, 6.07) is 0. The third-order valence-corrected chi connectivity index (χ3v) is 1.63. The van der Waals surface area contributed by atoms with Crippen LogP contribution in [0.3, 0.4) is 0 Å². The van der Waals surface area contributed by atoms with Crippen LogP contribution in [0.15, 0.2) is 0 Å². The average Bonchev–Trinajstić information content (AvgIpc) is 1.90. The Balaban J connectivity index is 2.31. The maximum Gasteiger partial charge on any atom is 0.158 e. The molecule has 1 atom stereocenters. The summed E-state index contributed by atoms with van der Waals surface area (Å²) in [5, 5.41) is 0. The summed E-state index contributed by atoms with van der Waals surface area (Å²) in [5.74, 6) is 0.176. The van der Waals surface area contributed by atoms with E-state index in [-0.39, 0.29) is 11.9 Å². The van der Waals surface area contributed by atoms with Gasteiger partial charge in [-0.2, -0.15) is 0 Å². The van der Waals surface area contributed by atoms with Gasteiger partial charge in [0.1, 0.15) is 6.10 Å². The standard InChI is InChI=1S/C7H12O2/c1-6(8)7-4-2-3-5-9-7/h7H,2-5H2,1H3/t7-/m0/s1. The van der Waals surface area contributed by atoms with Gasteiger partial charge in [0.25, 0.3) is 0 Å². The van der Waals surface area contributed by atoms with E-state index in [2.05, 4.69) is 0 Å². The lowest BCUT2D eigenvalue weighted by Gasteiger charge is -2.19. The van der Waals surface area contributed by atoms with Crippen LogP contribution in [-0.2, 0) is 9.53 Å². The van der Waals surface area contributed by atoms with Crippen molar-refractivity contribution >= 4 is 5.78 Å². The monoisotopic (exact) mass is 128 g/mol. The highest BCUT2D eigenvalue weighted by molar-refractivity contribution is 5.80. The smallest absolute Gasteiger partial charge is 0.158 e. The van der Waals surface area contributed by atoms with Crippen LogP contribution in [-0.4, -0.2) is 18.5 Å². The molecule has 1 saturated heterocycles. The van der Waals surface area contributed by atoms with E-state index in [0.717, 1.165) is 25.9 Å². The first kappa shape index (κ1) is 6.75. The van der Waals surface area contributed by atoms with Crippen LogP contribution in [0.1, 0.15) is 26.2 Å². The lowest BCUT2D eigenvalue weighted by Crippen LogP contribution is -2.25. The van der Waals surface area contributed by atoms with Gasteiger partial charge >= 0.3 is 0 Å². The van der Waals surface area contributed by atoms with Gasteiger partial charge in [0.15, 0.2) is 5.78 Å². The first-order valence-electron chi connectivity index (χ1n) is 3.43. The van der Waals surface area contributed by atoms with Gasteiger partial charge < -0.3 is 4.74 Å². The third kappa shape index (κ3) is 1.79. The minimum Gasteiger partial charge on any atom is -0.370 e. The molecule has 0 spiro atoms. The van der Waals surface area contributed by atoms with Crippen molar-refractivity contribution in [3.05, 3.63) is 0 Å². The lowest BCUT2D eigenvalue weighted by molar-refractivity contribution is -0.130. The van der Waals surface area contributed by atoms with Gasteiger partial charge in [-0.3, -0.25) is 4.79 Å². The quantitative estimate of drug-likeness (QED) is 0.529. The molecule has 0 amide bonds. The molecule has 0 aromatic carbocycles. The van der Waals surface area contributed by atoms with Gasteiger partial charge in [0, 0.05) is 6.61 Å². The highest BCUT2D eigenvalue weighted by atomic mass is 16.5. The Morgan fingerprint density at radius 2 is 2.33 bits per heavy atom. The number of hydrogen-bond acceptors (Lipinski definition) is 2. The number of rotatable bonds is 1. The highest BCUT2D eigenvalue weighted by Crippen LogP contribution is 2.12. The predicted molar refractivity (Wildman–Crippen MR) is 34.3 cm³/mol. The van der Waals surface area contributed by atoms with Crippen molar-refractivity contribution < 1.29 is 9.53 Å². The van der Waals surface area contributed by atoms with Crippen LogP contribution in [0, 0.1) is 0 Å². The second-order valence-electron chi connectivity index (χ2n) is 2.47. The van der Waals surface area contributed by atoms with Gasteiger partial charge in [0.05, 0.1) is 0 Å². The fourth-order valence-corrected chi connectivity index (χ4v) is 1.06. The summed E-state index contributed by atoms with van der Waals surface area (Å²) < 4.78 is 5.19. The molecular weight excluding hydrogens is 116 g/mol. The number of ether oxygens (including phenoxy) is 1. The maximum atomic E-state index is 10.7. The Labute approximate surface area is 55.2 Å². The molecule has 0 aliphatic carbocycles. The molecule has 0 aromatic heterocycles. The molecule has 0 bridgehead atoms. The molecule has 0 aromatic rings. The van der Waals surface area contributed by atoms with E-state index < -0.39 is 0 Å². The van der Waals surface area contributed by atoms with Gasteiger partial charge in [0.2, 0.25) is 0 Å². The van der Waals surface area contributed by atoms with E-state index in [1.165, 1.54) is 0 Å². The Morgan fingerprint density at radius 1 is 1.56 bits per heavy atom. The molecule has 52 valence electrons. The molecular formula is C7H12O2. The minimum absolute atomic E-state index is 0.0845. The molecule has 1 heterocycles.